The Balaban J connectivity index is 2.25. The maximum Gasteiger partial charge on any atom is 0.235 e. The first-order valence-electron chi connectivity index (χ1n) is 5.54. The number of allylic oxidation sites excluding steroid dienone is 1. The lowest BCUT2D eigenvalue weighted by atomic mass is 10.1. The summed E-state index contributed by atoms with van der Waals surface area (Å²) in [6, 6.07) is 4.95. The minimum absolute atomic E-state index is 0.0905. The minimum atomic E-state index is -0.207. The van der Waals surface area contributed by atoms with Gasteiger partial charge in [-0.2, -0.15) is 0 Å². The zero-order chi connectivity index (χ0) is 13.8. The van der Waals surface area contributed by atoms with Crippen LogP contribution in [-0.4, -0.2) is 31.7 Å². The molecule has 0 unspecified atom stereocenters. The molecule has 2 rings (SSSR count). The van der Waals surface area contributed by atoms with Crippen molar-refractivity contribution in [1.82, 2.24) is 5.32 Å². The molecule has 6 heteroatoms. The summed E-state index contributed by atoms with van der Waals surface area (Å²) in [6.07, 6.45) is 1.41. The highest BCUT2D eigenvalue weighted by Gasteiger charge is 2.17. The van der Waals surface area contributed by atoms with Gasteiger partial charge in [-0.15, -0.1) is 0 Å². The van der Waals surface area contributed by atoms with E-state index >= 15 is 0 Å². The molecule has 0 saturated carbocycles. The monoisotopic (exact) mass is 279 g/mol. The smallest absolute Gasteiger partial charge is 0.235 e. The molecule has 1 heterocycles. The van der Waals surface area contributed by atoms with Crippen molar-refractivity contribution >= 4 is 23.5 Å². The van der Waals surface area contributed by atoms with E-state index in [1.165, 1.54) is 32.1 Å². The normalized spacial score (nSPS) is 16.3. The highest BCUT2D eigenvalue weighted by molar-refractivity contribution is 8.04. The van der Waals surface area contributed by atoms with Crippen LogP contribution in [0.3, 0.4) is 0 Å². The summed E-state index contributed by atoms with van der Waals surface area (Å²) in [5, 5.41) is 3.18. The Morgan fingerprint density at radius 3 is 2.37 bits per heavy atom. The number of rotatable bonds is 4. The lowest BCUT2D eigenvalue weighted by molar-refractivity contribution is -0.117. The van der Waals surface area contributed by atoms with Crippen molar-refractivity contribution in [2.75, 3.05) is 20.0 Å². The lowest BCUT2D eigenvalue weighted by Crippen LogP contribution is -2.14. The van der Waals surface area contributed by atoms with Crippen LogP contribution in [0.2, 0.25) is 0 Å². The highest BCUT2D eigenvalue weighted by Crippen LogP contribution is 2.24. The van der Waals surface area contributed by atoms with Gasteiger partial charge in [-0.3, -0.25) is 9.59 Å². The van der Waals surface area contributed by atoms with E-state index in [0.717, 1.165) is 0 Å². The Hall–Kier alpha value is -1.95. The second-order valence-corrected chi connectivity index (χ2v) is 4.83. The number of carbonyl (C=O) groups is 2. The fourth-order valence-corrected chi connectivity index (χ4v) is 2.32. The number of carbonyl (C=O) groups excluding carboxylic acids is 2. The Morgan fingerprint density at radius 1 is 1.26 bits per heavy atom. The zero-order valence-corrected chi connectivity index (χ0v) is 11.4. The summed E-state index contributed by atoms with van der Waals surface area (Å²) in [4.78, 5) is 23.1. The van der Waals surface area contributed by atoms with Crippen molar-refractivity contribution < 1.29 is 19.1 Å². The van der Waals surface area contributed by atoms with Crippen LogP contribution in [-0.2, 0) is 4.79 Å². The number of benzene rings is 1. The van der Waals surface area contributed by atoms with E-state index in [4.69, 9.17) is 9.47 Å². The first kappa shape index (κ1) is 13.5. The molecule has 1 aromatic carbocycles. The Morgan fingerprint density at radius 2 is 1.89 bits per heavy atom. The van der Waals surface area contributed by atoms with Gasteiger partial charge in [0.1, 0.15) is 11.5 Å². The molecule has 1 fully saturated rings. The van der Waals surface area contributed by atoms with Crippen LogP contribution in [0.4, 0.5) is 0 Å². The molecule has 0 aliphatic carbocycles. The maximum absolute atomic E-state index is 12.1. The fraction of sp³-hybridized carbons (Fsp3) is 0.231. The SMILES string of the molecule is COc1cc(OC)cc(C(=O)/C=C2\NC(=O)CS2)c1. The summed E-state index contributed by atoms with van der Waals surface area (Å²) in [6.45, 7) is 0. The molecule has 0 radical (unpaired) electrons. The van der Waals surface area contributed by atoms with Gasteiger partial charge in [-0.1, -0.05) is 11.8 Å². The number of ketones is 1. The van der Waals surface area contributed by atoms with Gasteiger partial charge in [0.15, 0.2) is 5.78 Å². The molecule has 0 bridgehead atoms. The average molecular weight is 279 g/mol. The number of ether oxygens (including phenoxy) is 2. The van der Waals surface area contributed by atoms with E-state index in [1.54, 1.807) is 18.2 Å². The third-order valence-corrected chi connectivity index (χ3v) is 3.46. The van der Waals surface area contributed by atoms with E-state index < -0.39 is 0 Å². The van der Waals surface area contributed by atoms with Crippen LogP contribution in [0.15, 0.2) is 29.3 Å². The molecule has 0 spiro atoms. The standard InChI is InChI=1S/C13H13NO4S/c1-17-9-3-8(4-10(5-9)18-2)11(15)6-13-14-12(16)7-19-13/h3-6H,7H2,1-2H3,(H,14,16)/b13-6+. The van der Waals surface area contributed by atoms with Crippen molar-refractivity contribution in [3.05, 3.63) is 34.9 Å². The van der Waals surface area contributed by atoms with Gasteiger partial charge in [0.2, 0.25) is 5.91 Å². The van der Waals surface area contributed by atoms with Gasteiger partial charge in [-0.05, 0) is 12.1 Å². The molecule has 0 atom stereocenters. The van der Waals surface area contributed by atoms with Gasteiger partial charge in [-0.25, -0.2) is 0 Å². The van der Waals surface area contributed by atoms with Crippen LogP contribution >= 0.6 is 11.8 Å². The molecule has 100 valence electrons. The predicted octanol–water partition coefficient (Wildman–Crippen LogP) is 1.59. The van der Waals surface area contributed by atoms with E-state index in [-0.39, 0.29) is 11.7 Å². The van der Waals surface area contributed by atoms with E-state index in [1.807, 2.05) is 0 Å². The maximum atomic E-state index is 12.1. The van der Waals surface area contributed by atoms with Crippen molar-refractivity contribution in [2.45, 2.75) is 0 Å². The van der Waals surface area contributed by atoms with E-state index in [2.05, 4.69) is 5.32 Å². The molecular weight excluding hydrogens is 266 g/mol. The van der Waals surface area contributed by atoms with E-state index in [0.29, 0.717) is 27.8 Å². The number of hydrogen-bond donors (Lipinski definition) is 1. The first-order chi connectivity index (χ1) is 9.12. The molecule has 1 N–H and O–H groups in total. The van der Waals surface area contributed by atoms with Gasteiger partial charge in [0.25, 0.3) is 0 Å². The minimum Gasteiger partial charge on any atom is -0.497 e. The van der Waals surface area contributed by atoms with Crippen LogP contribution in [0.1, 0.15) is 10.4 Å². The van der Waals surface area contributed by atoms with Gasteiger partial charge < -0.3 is 14.8 Å². The average Bonchev–Trinajstić information content (AvgIpc) is 2.83. The third-order valence-electron chi connectivity index (χ3n) is 2.52. The van der Waals surface area contributed by atoms with Crippen LogP contribution in [0.25, 0.3) is 0 Å². The first-order valence-corrected chi connectivity index (χ1v) is 6.52. The lowest BCUT2D eigenvalue weighted by Gasteiger charge is -2.06. The summed E-state index contributed by atoms with van der Waals surface area (Å²) in [5.41, 5.74) is 0.449. The summed E-state index contributed by atoms with van der Waals surface area (Å²) >= 11 is 1.31. The Kier molecular flexibility index (Phi) is 4.11. The number of amides is 1. The number of thioether (sulfide) groups is 1. The van der Waals surface area contributed by atoms with Crippen molar-refractivity contribution in [2.24, 2.45) is 0 Å². The largest absolute Gasteiger partial charge is 0.497 e. The van der Waals surface area contributed by atoms with Crippen molar-refractivity contribution in [1.29, 1.82) is 0 Å². The Bertz CT molecular complexity index is 531. The zero-order valence-electron chi connectivity index (χ0n) is 10.6. The van der Waals surface area contributed by atoms with Gasteiger partial charge in [0.05, 0.1) is 25.0 Å². The topological polar surface area (TPSA) is 64.6 Å². The van der Waals surface area contributed by atoms with Crippen LogP contribution in [0.5, 0.6) is 11.5 Å². The van der Waals surface area contributed by atoms with Gasteiger partial charge in [0, 0.05) is 17.7 Å². The highest BCUT2D eigenvalue weighted by atomic mass is 32.2. The molecule has 1 saturated heterocycles. The molecule has 1 aliphatic heterocycles. The molecule has 1 aliphatic rings. The number of nitrogens with one attached hydrogen (secondary N) is 1. The molecule has 1 aromatic rings. The third kappa shape index (κ3) is 3.29. The van der Waals surface area contributed by atoms with Crippen LogP contribution in [0, 0.1) is 0 Å². The van der Waals surface area contributed by atoms with E-state index in [9.17, 15) is 9.59 Å². The fourth-order valence-electron chi connectivity index (χ4n) is 1.58. The second-order valence-electron chi connectivity index (χ2n) is 3.81. The number of hydrogen-bond acceptors (Lipinski definition) is 5. The quantitative estimate of drug-likeness (QED) is 0.670. The molecule has 19 heavy (non-hydrogen) atoms. The molecular formula is C13H13NO4S. The van der Waals surface area contributed by atoms with Crippen LogP contribution < -0.4 is 14.8 Å². The second kappa shape index (κ2) is 5.79. The molecule has 5 nitrogen and oxygen atoms in total. The van der Waals surface area contributed by atoms with Gasteiger partial charge >= 0.3 is 0 Å². The summed E-state index contributed by atoms with van der Waals surface area (Å²) in [5.74, 6) is 1.14. The predicted molar refractivity (Wildman–Crippen MR) is 72.6 cm³/mol. The van der Waals surface area contributed by atoms with Crippen molar-refractivity contribution in [3.63, 3.8) is 0 Å². The molecule has 1 amide bonds. The summed E-state index contributed by atoms with van der Waals surface area (Å²) in [7, 11) is 3.04. The van der Waals surface area contributed by atoms with Crippen molar-refractivity contribution in [3.8, 4) is 11.5 Å². The summed E-state index contributed by atoms with van der Waals surface area (Å²) < 4.78 is 10.2. The number of methoxy groups -OCH3 is 2. The Labute approximate surface area is 115 Å². The molecule has 0 aromatic heterocycles.